The molecule has 1 saturated heterocycles. The lowest BCUT2D eigenvalue weighted by Gasteiger charge is -2.22. The molecule has 4 rings (SSSR count). The van der Waals surface area contributed by atoms with E-state index in [0.717, 1.165) is 28.4 Å². The fraction of sp³-hybridized carbons (Fsp3) is 0.286. The molecule has 27 heavy (non-hydrogen) atoms. The van der Waals surface area contributed by atoms with E-state index in [0.29, 0.717) is 35.1 Å². The fourth-order valence-corrected chi connectivity index (χ4v) is 4.33. The number of fused-ring (bicyclic) bond motifs is 1. The van der Waals surface area contributed by atoms with E-state index in [-0.39, 0.29) is 11.9 Å². The summed E-state index contributed by atoms with van der Waals surface area (Å²) in [5.74, 6) is 0.621. The molecule has 2 N–H and O–H groups in total. The smallest absolute Gasteiger partial charge is 0.156 e. The van der Waals surface area contributed by atoms with Crippen molar-refractivity contribution in [3.63, 3.8) is 0 Å². The zero-order valence-electron chi connectivity index (χ0n) is 15.0. The predicted molar refractivity (Wildman–Crippen MR) is 108 cm³/mol. The minimum atomic E-state index is -0.353. The van der Waals surface area contributed by atoms with E-state index in [1.165, 1.54) is 0 Å². The van der Waals surface area contributed by atoms with Crippen LogP contribution in [0.25, 0.3) is 22.2 Å². The molecule has 0 spiro atoms. The molecule has 3 aromatic rings. The number of anilines is 1. The number of hydrogen-bond donors (Lipinski definition) is 2. The fourth-order valence-electron chi connectivity index (χ4n) is 3.63. The molecular weight excluding hydrogens is 361 g/mol. The van der Waals surface area contributed by atoms with Crippen LogP contribution in [0.4, 0.5) is 10.1 Å². The number of H-pyrrole nitrogens is 1. The lowest BCUT2D eigenvalue weighted by molar-refractivity contribution is 0.198. The Hall–Kier alpha value is -2.49. The summed E-state index contributed by atoms with van der Waals surface area (Å²) in [7, 11) is 0. The molecular formula is C21H20FN3OS. The number of aromatic nitrogens is 1. The molecule has 0 amide bonds. The minimum absolute atomic E-state index is 0.311. The van der Waals surface area contributed by atoms with Gasteiger partial charge in [-0.05, 0) is 48.6 Å². The van der Waals surface area contributed by atoms with Gasteiger partial charge >= 0.3 is 0 Å². The molecule has 1 aliphatic rings. The minimum Gasteiger partial charge on any atom is -0.391 e. The third kappa shape index (κ3) is 3.29. The second-order valence-electron chi connectivity index (χ2n) is 6.69. The Bertz CT molecular complexity index is 1040. The highest BCUT2D eigenvalue weighted by atomic mass is 32.2. The van der Waals surface area contributed by atoms with E-state index in [4.69, 9.17) is 5.26 Å². The van der Waals surface area contributed by atoms with Crippen molar-refractivity contribution >= 4 is 28.4 Å². The van der Waals surface area contributed by atoms with Crippen molar-refractivity contribution in [1.29, 1.82) is 5.26 Å². The van der Waals surface area contributed by atoms with Crippen molar-refractivity contribution in [2.75, 3.05) is 23.7 Å². The van der Waals surface area contributed by atoms with Gasteiger partial charge in [-0.1, -0.05) is 6.92 Å². The second kappa shape index (κ2) is 7.26. The van der Waals surface area contributed by atoms with Crippen molar-refractivity contribution in [1.82, 2.24) is 4.98 Å². The number of aliphatic hydroxyl groups excluding tert-OH is 1. The van der Waals surface area contributed by atoms with Crippen molar-refractivity contribution < 1.29 is 9.50 Å². The molecule has 6 heteroatoms. The highest BCUT2D eigenvalue weighted by Crippen LogP contribution is 2.39. The van der Waals surface area contributed by atoms with E-state index in [2.05, 4.69) is 22.9 Å². The molecule has 1 unspecified atom stereocenters. The van der Waals surface area contributed by atoms with Crippen LogP contribution >= 0.6 is 11.8 Å². The molecule has 4 nitrogen and oxygen atoms in total. The number of nitrogens with zero attached hydrogens (tertiary/aromatic N) is 2. The number of aliphatic hydroxyl groups is 1. The van der Waals surface area contributed by atoms with Crippen LogP contribution in [-0.2, 0) is 0 Å². The quantitative estimate of drug-likeness (QED) is 0.652. The number of aromatic amines is 1. The average Bonchev–Trinajstić information content (AvgIpc) is 3.25. The highest BCUT2D eigenvalue weighted by Gasteiger charge is 2.25. The van der Waals surface area contributed by atoms with Crippen LogP contribution < -0.4 is 4.90 Å². The lowest BCUT2D eigenvalue weighted by Crippen LogP contribution is -2.21. The number of benzene rings is 2. The largest absolute Gasteiger partial charge is 0.391 e. The summed E-state index contributed by atoms with van der Waals surface area (Å²) in [6.07, 6.45) is 0.360. The van der Waals surface area contributed by atoms with Crippen molar-refractivity contribution in [3.8, 4) is 17.3 Å². The molecule has 1 atom stereocenters. The zero-order valence-corrected chi connectivity index (χ0v) is 15.8. The molecule has 1 fully saturated rings. The maximum absolute atomic E-state index is 15.2. The summed E-state index contributed by atoms with van der Waals surface area (Å²) in [5.41, 5.74) is 3.23. The average molecular weight is 381 g/mol. The Labute approximate surface area is 161 Å². The van der Waals surface area contributed by atoms with Gasteiger partial charge in [-0.2, -0.15) is 5.26 Å². The van der Waals surface area contributed by atoms with Gasteiger partial charge in [0.2, 0.25) is 0 Å². The standard InChI is InChI=1S/C21H20FN3OS/c1-2-27-15-4-6-19(25-8-7-14(26)12-25)17(10-15)21-20(22)16-5-3-13(11-23)9-18(16)24-21/h3-6,9-10,14,24,26H,2,7-8,12H2,1H3. The van der Waals surface area contributed by atoms with Crippen molar-refractivity contribution in [2.45, 2.75) is 24.3 Å². The van der Waals surface area contributed by atoms with Crippen LogP contribution in [0.1, 0.15) is 18.9 Å². The van der Waals surface area contributed by atoms with Gasteiger partial charge in [0.25, 0.3) is 0 Å². The van der Waals surface area contributed by atoms with Crippen LogP contribution in [0.3, 0.4) is 0 Å². The number of β-amino-alcohol motifs (C(OH)–C–C–N with tert-alkyl or cyclic N) is 1. The SMILES string of the molecule is CCSc1ccc(N2CCC(O)C2)c(-c2[nH]c3cc(C#N)ccc3c2F)c1. The van der Waals surface area contributed by atoms with Gasteiger partial charge in [0.15, 0.2) is 5.82 Å². The van der Waals surface area contributed by atoms with Gasteiger partial charge in [0.05, 0.1) is 28.9 Å². The molecule has 0 radical (unpaired) electrons. The number of nitriles is 1. The third-order valence-electron chi connectivity index (χ3n) is 4.92. The van der Waals surface area contributed by atoms with Gasteiger partial charge in [-0.15, -0.1) is 11.8 Å². The zero-order chi connectivity index (χ0) is 19.0. The first-order valence-corrected chi connectivity index (χ1v) is 10.0. The molecule has 2 aromatic carbocycles. The summed E-state index contributed by atoms with van der Waals surface area (Å²) in [6.45, 7) is 3.38. The Balaban J connectivity index is 1.88. The van der Waals surface area contributed by atoms with E-state index in [9.17, 15) is 5.11 Å². The number of halogens is 1. The summed E-state index contributed by atoms with van der Waals surface area (Å²) >= 11 is 1.71. The summed E-state index contributed by atoms with van der Waals surface area (Å²) < 4.78 is 15.2. The predicted octanol–water partition coefficient (Wildman–Crippen LogP) is 4.53. The molecule has 1 aromatic heterocycles. The van der Waals surface area contributed by atoms with E-state index < -0.39 is 0 Å². The monoisotopic (exact) mass is 381 g/mol. The van der Waals surface area contributed by atoms with Crippen molar-refractivity contribution in [3.05, 3.63) is 47.8 Å². The van der Waals surface area contributed by atoms with Gasteiger partial charge in [0, 0.05) is 34.6 Å². The first-order chi connectivity index (χ1) is 13.1. The summed E-state index contributed by atoms with van der Waals surface area (Å²) in [6, 6.07) is 13.1. The Morgan fingerprint density at radius 2 is 2.19 bits per heavy atom. The number of nitrogens with one attached hydrogen (secondary N) is 1. The molecule has 2 heterocycles. The Morgan fingerprint density at radius 3 is 2.89 bits per heavy atom. The molecule has 0 saturated carbocycles. The van der Waals surface area contributed by atoms with Crippen LogP contribution in [0.15, 0.2) is 41.3 Å². The first-order valence-electron chi connectivity index (χ1n) is 9.02. The second-order valence-corrected chi connectivity index (χ2v) is 8.02. The normalized spacial score (nSPS) is 16.8. The number of thioether (sulfide) groups is 1. The van der Waals surface area contributed by atoms with Gasteiger partial charge in [-0.3, -0.25) is 0 Å². The Morgan fingerprint density at radius 1 is 1.33 bits per heavy atom. The molecule has 0 bridgehead atoms. The van der Waals surface area contributed by atoms with Crippen molar-refractivity contribution in [2.24, 2.45) is 0 Å². The van der Waals surface area contributed by atoms with Crippen LogP contribution in [-0.4, -0.2) is 35.0 Å². The summed E-state index contributed by atoms with van der Waals surface area (Å²) in [5, 5.41) is 19.5. The first kappa shape index (κ1) is 17.9. The topological polar surface area (TPSA) is 63.0 Å². The maximum atomic E-state index is 15.2. The third-order valence-corrected chi connectivity index (χ3v) is 5.79. The number of hydrogen-bond acceptors (Lipinski definition) is 4. The highest BCUT2D eigenvalue weighted by molar-refractivity contribution is 7.99. The molecule has 0 aliphatic carbocycles. The summed E-state index contributed by atoms with van der Waals surface area (Å²) in [4.78, 5) is 6.35. The van der Waals surface area contributed by atoms with E-state index in [1.54, 1.807) is 30.0 Å². The number of rotatable bonds is 4. The molecule has 138 valence electrons. The lowest BCUT2D eigenvalue weighted by atomic mass is 10.1. The van der Waals surface area contributed by atoms with E-state index >= 15 is 4.39 Å². The van der Waals surface area contributed by atoms with E-state index in [1.807, 2.05) is 18.2 Å². The Kier molecular flexibility index (Phi) is 4.81. The maximum Gasteiger partial charge on any atom is 0.156 e. The molecule has 1 aliphatic heterocycles. The van der Waals surface area contributed by atoms with Crippen LogP contribution in [0.2, 0.25) is 0 Å². The van der Waals surface area contributed by atoms with Crippen LogP contribution in [0.5, 0.6) is 0 Å². The van der Waals surface area contributed by atoms with Gasteiger partial charge in [0.1, 0.15) is 0 Å². The van der Waals surface area contributed by atoms with Gasteiger partial charge < -0.3 is 15.0 Å². The van der Waals surface area contributed by atoms with Gasteiger partial charge in [-0.25, -0.2) is 4.39 Å². The van der Waals surface area contributed by atoms with Crippen LogP contribution in [0, 0.1) is 17.1 Å².